The van der Waals surface area contributed by atoms with Gasteiger partial charge in [0.25, 0.3) is 0 Å². The van der Waals surface area contributed by atoms with Crippen molar-refractivity contribution in [3.05, 3.63) is 16.1 Å². The average Bonchev–Trinajstić information content (AvgIpc) is 3.02. The summed E-state index contributed by atoms with van der Waals surface area (Å²) in [6, 6.07) is 0.351. The summed E-state index contributed by atoms with van der Waals surface area (Å²) in [5.41, 5.74) is 1.17. The van der Waals surface area contributed by atoms with Crippen LogP contribution in [0.15, 0.2) is 5.38 Å². The number of aromatic nitrogens is 1. The second kappa shape index (κ2) is 4.09. The molecule has 3 nitrogen and oxygen atoms in total. The maximum absolute atomic E-state index is 5.89. The van der Waals surface area contributed by atoms with Gasteiger partial charge in [-0.2, -0.15) is 0 Å². The lowest BCUT2D eigenvalue weighted by molar-refractivity contribution is 0.100. The van der Waals surface area contributed by atoms with E-state index in [9.17, 15) is 0 Å². The van der Waals surface area contributed by atoms with Gasteiger partial charge in [0.1, 0.15) is 0 Å². The molecule has 2 aliphatic heterocycles. The Morgan fingerprint density at radius 3 is 3.06 bits per heavy atom. The highest BCUT2D eigenvalue weighted by atomic mass is 32.1. The minimum absolute atomic E-state index is 0.351. The maximum Gasteiger partial charge on any atom is 0.0986 e. The first-order valence-electron chi connectivity index (χ1n) is 6.06. The van der Waals surface area contributed by atoms with E-state index < -0.39 is 0 Å². The number of rotatable bonds is 3. The van der Waals surface area contributed by atoms with Crippen molar-refractivity contribution < 1.29 is 4.74 Å². The van der Waals surface area contributed by atoms with E-state index in [0.717, 1.165) is 0 Å². The molecule has 16 heavy (non-hydrogen) atoms. The summed E-state index contributed by atoms with van der Waals surface area (Å²) in [4.78, 5) is 4.76. The number of thiazole rings is 1. The summed E-state index contributed by atoms with van der Waals surface area (Å²) in [7, 11) is 1.98. The van der Waals surface area contributed by atoms with Crippen molar-refractivity contribution in [2.24, 2.45) is 0 Å². The zero-order chi connectivity index (χ0) is 11.1. The molecule has 4 atom stereocenters. The average molecular weight is 238 g/mol. The third kappa shape index (κ3) is 1.69. The van der Waals surface area contributed by atoms with Crippen LogP contribution in [0.4, 0.5) is 0 Å². The Morgan fingerprint density at radius 1 is 1.56 bits per heavy atom. The summed E-state index contributed by atoms with van der Waals surface area (Å²) in [6.45, 7) is 2.15. The largest absolute Gasteiger partial charge is 0.374 e. The number of nitrogens with one attached hydrogen (secondary N) is 1. The molecule has 3 heterocycles. The van der Waals surface area contributed by atoms with Gasteiger partial charge in [-0.25, -0.2) is 4.98 Å². The molecule has 1 aromatic rings. The van der Waals surface area contributed by atoms with Gasteiger partial charge in [0, 0.05) is 17.3 Å². The van der Waals surface area contributed by atoms with Crippen molar-refractivity contribution in [1.82, 2.24) is 10.3 Å². The molecular formula is C12H18N2OS. The van der Waals surface area contributed by atoms with Crippen molar-refractivity contribution in [1.29, 1.82) is 0 Å². The summed E-state index contributed by atoms with van der Waals surface area (Å²) in [6.07, 6.45) is 4.64. The molecule has 0 spiro atoms. The Labute approximate surface area is 100 Å². The van der Waals surface area contributed by atoms with Gasteiger partial charge in [-0.1, -0.05) is 0 Å². The predicted octanol–water partition coefficient (Wildman–Crippen LogP) is 2.46. The Balaban J connectivity index is 1.77. The molecule has 2 fully saturated rings. The number of fused-ring (bicyclic) bond motifs is 2. The van der Waals surface area contributed by atoms with Crippen molar-refractivity contribution in [3.63, 3.8) is 0 Å². The van der Waals surface area contributed by atoms with Crippen LogP contribution in [0.3, 0.4) is 0 Å². The number of nitrogens with zero attached hydrogens (tertiary/aromatic N) is 1. The number of ether oxygens (including phenoxy) is 1. The zero-order valence-electron chi connectivity index (χ0n) is 9.77. The SMILES string of the molecule is CNC(C)c1csc(C2CC3CCC2O3)n1. The first-order chi connectivity index (χ1) is 7.78. The van der Waals surface area contributed by atoms with Crippen molar-refractivity contribution >= 4 is 11.3 Å². The lowest BCUT2D eigenvalue weighted by Gasteiger charge is -2.15. The quantitative estimate of drug-likeness (QED) is 0.878. The molecule has 0 aromatic carbocycles. The molecule has 88 valence electrons. The van der Waals surface area contributed by atoms with Gasteiger partial charge in [0.2, 0.25) is 0 Å². The van der Waals surface area contributed by atoms with Crippen LogP contribution in [-0.2, 0) is 4.74 Å². The topological polar surface area (TPSA) is 34.1 Å². The van der Waals surface area contributed by atoms with Crippen LogP contribution in [0.5, 0.6) is 0 Å². The molecule has 3 rings (SSSR count). The van der Waals surface area contributed by atoms with Gasteiger partial charge in [-0.05, 0) is 33.2 Å². The van der Waals surface area contributed by atoms with Crippen LogP contribution in [0.1, 0.15) is 48.8 Å². The monoisotopic (exact) mass is 238 g/mol. The Morgan fingerprint density at radius 2 is 2.44 bits per heavy atom. The first kappa shape index (κ1) is 10.7. The second-order valence-corrected chi connectivity index (χ2v) is 5.73. The van der Waals surface area contributed by atoms with Crippen LogP contribution in [0, 0.1) is 0 Å². The van der Waals surface area contributed by atoms with E-state index in [1.54, 1.807) is 11.3 Å². The molecule has 4 unspecified atom stereocenters. The molecule has 2 aliphatic rings. The van der Waals surface area contributed by atoms with Gasteiger partial charge in [-0.15, -0.1) is 11.3 Å². The molecule has 0 amide bonds. The fourth-order valence-electron chi connectivity index (χ4n) is 2.72. The third-order valence-electron chi connectivity index (χ3n) is 3.84. The van der Waals surface area contributed by atoms with Crippen LogP contribution in [0.2, 0.25) is 0 Å². The highest BCUT2D eigenvalue weighted by Crippen LogP contribution is 2.45. The van der Waals surface area contributed by atoms with E-state index in [-0.39, 0.29) is 0 Å². The summed E-state index contributed by atoms with van der Waals surface area (Å²) in [5, 5.41) is 6.70. The Kier molecular flexibility index (Phi) is 2.73. The molecule has 1 N–H and O–H groups in total. The highest BCUT2D eigenvalue weighted by Gasteiger charge is 2.42. The van der Waals surface area contributed by atoms with Gasteiger partial charge in [0.15, 0.2) is 0 Å². The lowest BCUT2D eigenvalue weighted by atomic mass is 9.90. The fraction of sp³-hybridized carbons (Fsp3) is 0.750. The molecule has 4 heteroatoms. The number of hydrogen-bond donors (Lipinski definition) is 1. The van der Waals surface area contributed by atoms with E-state index in [1.165, 1.54) is 30.0 Å². The van der Waals surface area contributed by atoms with Crippen molar-refractivity contribution in [2.75, 3.05) is 7.05 Å². The molecule has 2 saturated heterocycles. The van der Waals surface area contributed by atoms with Crippen LogP contribution in [-0.4, -0.2) is 24.2 Å². The molecule has 1 aromatic heterocycles. The van der Waals surface area contributed by atoms with Gasteiger partial charge < -0.3 is 10.1 Å². The Hall–Kier alpha value is -0.450. The van der Waals surface area contributed by atoms with Crippen LogP contribution >= 0.6 is 11.3 Å². The van der Waals surface area contributed by atoms with E-state index >= 15 is 0 Å². The van der Waals surface area contributed by atoms with Crippen molar-refractivity contribution in [3.8, 4) is 0 Å². The van der Waals surface area contributed by atoms with Crippen molar-refractivity contribution in [2.45, 2.75) is 50.4 Å². The van der Waals surface area contributed by atoms with E-state index in [4.69, 9.17) is 9.72 Å². The molecule has 2 bridgehead atoms. The van der Waals surface area contributed by atoms with E-state index in [1.807, 2.05) is 7.05 Å². The van der Waals surface area contributed by atoms with E-state index in [0.29, 0.717) is 24.2 Å². The smallest absolute Gasteiger partial charge is 0.0986 e. The fourth-order valence-corrected chi connectivity index (χ4v) is 3.79. The predicted molar refractivity (Wildman–Crippen MR) is 64.8 cm³/mol. The standard InChI is InChI=1S/C12H18N2OS/c1-7(13-2)10-6-16-12(14-10)9-5-8-3-4-11(9)15-8/h6-9,11,13H,3-5H2,1-2H3. The second-order valence-electron chi connectivity index (χ2n) is 4.84. The third-order valence-corrected chi connectivity index (χ3v) is 4.83. The van der Waals surface area contributed by atoms with Gasteiger partial charge in [-0.3, -0.25) is 0 Å². The number of hydrogen-bond acceptors (Lipinski definition) is 4. The first-order valence-corrected chi connectivity index (χ1v) is 6.94. The molecule has 0 radical (unpaired) electrons. The lowest BCUT2D eigenvalue weighted by Crippen LogP contribution is -2.15. The normalized spacial score (nSPS) is 34.5. The van der Waals surface area contributed by atoms with Crippen LogP contribution in [0.25, 0.3) is 0 Å². The summed E-state index contributed by atoms with van der Waals surface area (Å²) in [5.74, 6) is 0.571. The zero-order valence-corrected chi connectivity index (χ0v) is 10.6. The maximum atomic E-state index is 5.89. The van der Waals surface area contributed by atoms with Crippen LogP contribution < -0.4 is 5.32 Å². The van der Waals surface area contributed by atoms with Gasteiger partial charge >= 0.3 is 0 Å². The minimum atomic E-state index is 0.351. The molecule has 0 aliphatic carbocycles. The summed E-state index contributed by atoms with van der Waals surface area (Å²) < 4.78 is 5.89. The molecule has 0 saturated carbocycles. The van der Waals surface area contributed by atoms with Gasteiger partial charge in [0.05, 0.1) is 22.9 Å². The highest BCUT2D eigenvalue weighted by molar-refractivity contribution is 7.09. The van der Waals surface area contributed by atoms with E-state index in [2.05, 4.69) is 17.6 Å². The molecular weight excluding hydrogens is 220 g/mol. The summed E-state index contributed by atoms with van der Waals surface area (Å²) >= 11 is 1.80. The minimum Gasteiger partial charge on any atom is -0.374 e. The Bertz CT molecular complexity index is 379.